The van der Waals surface area contributed by atoms with E-state index in [4.69, 9.17) is 0 Å². The third kappa shape index (κ3) is 3.23. The average molecular weight is 307 g/mol. The van der Waals surface area contributed by atoms with Crippen LogP contribution in [0.3, 0.4) is 0 Å². The molecule has 0 atom stereocenters. The van der Waals surface area contributed by atoms with Crippen LogP contribution in [0.2, 0.25) is 0 Å². The van der Waals surface area contributed by atoms with Crippen molar-refractivity contribution in [1.29, 1.82) is 0 Å². The Bertz CT molecular complexity index is 548. The molecule has 4 heteroatoms. The standard InChI is InChI=1S/C14H15BrN2O/c1-10-4-2-3-5-11(10)6-7-16-14(18)13-8-12(15)9-17-13/h2-5,8-9,17H,6-7H2,1H3,(H,16,18). The van der Waals surface area contributed by atoms with Crippen LogP contribution in [0.25, 0.3) is 0 Å². The molecule has 1 heterocycles. The molecule has 0 aliphatic heterocycles. The van der Waals surface area contributed by atoms with E-state index in [9.17, 15) is 4.79 Å². The molecule has 0 fully saturated rings. The van der Waals surface area contributed by atoms with Crippen LogP contribution >= 0.6 is 15.9 Å². The molecule has 0 unspecified atom stereocenters. The minimum Gasteiger partial charge on any atom is -0.356 e. The fourth-order valence-electron chi connectivity index (χ4n) is 1.80. The summed E-state index contributed by atoms with van der Waals surface area (Å²) in [6.45, 7) is 2.72. The van der Waals surface area contributed by atoms with Gasteiger partial charge in [0.1, 0.15) is 5.69 Å². The van der Waals surface area contributed by atoms with E-state index >= 15 is 0 Å². The van der Waals surface area contributed by atoms with E-state index in [1.54, 1.807) is 12.3 Å². The molecule has 0 saturated carbocycles. The smallest absolute Gasteiger partial charge is 0.267 e. The molecule has 1 aromatic heterocycles. The first-order valence-corrected chi connectivity index (χ1v) is 6.63. The summed E-state index contributed by atoms with van der Waals surface area (Å²) in [6.07, 6.45) is 2.59. The maximum absolute atomic E-state index is 11.8. The van der Waals surface area contributed by atoms with Crippen LogP contribution in [-0.2, 0) is 6.42 Å². The Morgan fingerprint density at radius 1 is 1.39 bits per heavy atom. The van der Waals surface area contributed by atoms with Gasteiger partial charge in [-0.3, -0.25) is 4.79 Å². The Balaban J connectivity index is 1.86. The SMILES string of the molecule is Cc1ccccc1CCNC(=O)c1cc(Br)c[nH]1. The predicted octanol–water partition coefficient (Wildman–Crippen LogP) is 3.06. The third-order valence-corrected chi connectivity index (χ3v) is 3.29. The number of nitrogens with one attached hydrogen (secondary N) is 2. The Labute approximate surface area is 115 Å². The number of rotatable bonds is 4. The lowest BCUT2D eigenvalue weighted by Gasteiger charge is -2.06. The zero-order valence-corrected chi connectivity index (χ0v) is 11.8. The van der Waals surface area contributed by atoms with E-state index in [2.05, 4.69) is 45.3 Å². The van der Waals surface area contributed by atoms with Gasteiger partial charge < -0.3 is 10.3 Å². The maximum atomic E-state index is 11.8. The largest absolute Gasteiger partial charge is 0.356 e. The van der Waals surface area contributed by atoms with Crippen molar-refractivity contribution >= 4 is 21.8 Å². The number of halogens is 1. The molecule has 0 bridgehead atoms. The molecule has 3 nitrogen and oxygen atoms in total. The molecule has 0 aliphatic carbocycles. The van der Waals surface area contributed by atoms with E-state index in [1.807, 2.05) is 12.1 Å². The minimum absolute atomic E-state index is 0.0747. The molecule has 0 saturated heterocycles. The number of aromatic nitrogens is 1. The number of H-pyrrole nitrogens is 1. The molecule has 1 aromatic carbocycles. The lowest BCUT2D eigenvalue weighted by atomic mass is 10.1. The Hall–Kier alpha value is -1.55. The van der Waals surface area contributed by atoms with E-state index in [0.717, 1.165) is 10.9 Å². The molecule has 2 aromatic rings. The van der Waals surface area contributed by atoms with Gasteiger partial charge >= 0.3 is 0 Å². The van der Waals surface area contributed by atoms with Crippen LogP contribution in [-0.4, -0.2) is 17.4 Å². The van der Waals surface area contributed by atoms with Crippen LogP contribution in [0.1, 0.15) is 21.6 Å². The van der Waals surface area contributed by atoms with Gasteiger partial charge in [-0.25, -0.2) is 0 Å². The van der Waals surface area contributed by atoms with Gasteiger partial charge in [0.2, 0.25) is 0 Å². The highest BCUT2D eigenvalue weighted by atomic mass is 79.9. The van der Waals surface area contributed by atoms with Crippen molar-refractivity contribution in [2.24, 2.45) is 0 Å². The number of aromatic amines is 1. The van der Waals surface area contributed by atoms with Crippen molar-refractivity contribution in [2.45, 2.75) is 13.3 Å². The number of aryl methyl sites for hydroxylation is 1. The number of hydrogen-bond donors (Lipinski definition) is 2. The number of carbonyl (C=O) groups is 1. The zero-order chi connectivity index (χ0) is 13.0. The molecular formula is C14H15BrN2O. The number of amides is 1. The Morgan fingerprint density at radius 2 is 2.17 bits per heavy atom. The fourth-order valence-corrected chi connectivity index (χ4v) is 2.14. The van der Waals surface area contributed by atoms with Crippen molar-refractivity contribution in [3.05, 3.63) is 57.8 Å². The van der Waals surface area contributed by atoms with Crippen LogP contribution in [0.4, 0.5) is 0 Å². The van der Waals surface area contributed by atoms with Crippen molar-refractivity contribution in [1.82, 2.24) is 10.3 Å². The van der Waals surface area contributed by atoms with Crippen LogP contribution in [0, 0.1) is 6.92 Å². The summed E-state index contributed by atoms with van der Waals surface area (Å²) in [5.41, 5.74) is 3.10. The van der Waals surface area contributed by atoms with Crippen molar-refractivity contribution < 1.29 is 4.79 Å². The highest BCUT2D eigenvalue weighted by molar-refractivity contribution is 9.10. The lowest BCUT2D eigenvalue weighted by molar-refractivity contribution is 0.0950. The van der Waals surface area contributed by atoms with Gasteiger partial charge in [-0.15, -0.1) is 0 Å². The molecule has 2 N–H and O–H groups in total. The molecule has 18 heavy (non-hydrogen) atoms. The summed E-state index contributed by atoms with van der Waals surface area (Å²) in [4.78, 5) is 14.7. The normalized spacial score (nSPS) is 10.3. The van der Waals surface area contributed by atoms with E-state index in [-0.39, 0.29) is 5.91 Å². The fraction of sp³-hybridized carbons (Fsp3) is 0.214. The summed E-state index contributed by atoms with van der Waals surface area (Å²) in [5.74, 6) is -0.0747. The first-order chi connectivity index (χ1) is 8.66. The van der Waals surface area contributed by atoms with Gasteiger partial charge in [-0.2, -0.15) is 0 Å². The number of benzene rings is 1. The molecule has 2 rings (SSSR count). The van der Waals surface area contributed by atoms with Crippen LogP contribution < -0.4 is 5.32 Å². The van der Waals surface area contributed by atoms with Gasteiger partial charge in [0.05, 0.1) is 0 Å². The average Bonchev–Trinajstić information content (AvgIpc) is 2.78. The lowest BCUT2D eigenvalue weighted by Crippen LogP contribution is -2.26. The van der Waals surface area contributed by atoms with Gasteiger partial charge in [0.15, 0.2) is 0 Å². The molecule has 1 amide bonds. The molecule has 94 valence electrons. The summed E-state index contributed by atoms with van der Waals surface area (Å²) in [7, 11) is 0. The monoisotopic (exact) mass is 306 g/mol. The topological polar surface area (TPSA) is 44.9 Å². The molecular weight excluding hydrogens is 292 g/mol. The highest BCUT2D eigenvalue weighted by Crippen LogP contribution is 2.10. The summed E-state index contributed by atoms with van der Waals surface area (Å²) < 4.78 is 0.881. The van der Waals surface area contributed by atoms with Gasteiger partial charge in [-0.05, 0) is 46.5 Å². The second kappa shape index (κ2) is 5.87. The van der Waals surface area contributed by atoms with Gasteiger partial charge in [0, 0.05) is 17.2 Å². The first-order valence-electron chi connectivity index (χ1n) is 5.83. The molecule has 0 radical (unpaired) electrons. The van der Waals surface area contributed by atoms with Crippen molar-refractivity contribution in [2.75, 3.05) is 6.54 Å². The second-order valence-electron chi connectivity index (χ2n) is 4.16. The molecule has 0 spiro atoms. The zero-order valence-electron chi connectivity index (χ0n) is 10.2. The van der Waals surface area contributed by atoms with E-state index in [1.165, 1.54) is 11.1 Å². The Kier molecular flexibility index (Phi) is 4.20. The summed E-state index contributed by atoms with van der Waals surface area (Å²) in [6, 6.07) is 9.98. The van der Waals surface area contributed by atoms with Gasteiger partial charge in [-0.1, -0.05) is 24.3 Å². The van der Waals surface area contributed by atoms with Crippen LogP contribution in [0.15, 0.2) is 41.0 Å². The number of hydrogen-bond acceptors (Lipinski definition) is 1. The van der Waals surface area contributed by atoms with Crippen LogP contribution in [0.5, 0.6) is 0 Å². The van der Waals surface area contributed by atoms with Crippen molar-refractivity contribution in [3.8, 4) is 0 Å². The first kappa shape index (κ1) is 12.9. The summed E-state index contributed by atoms with van der Waals surface area (Å²) >= 11 is 3.30. The predicted molar refractivity (Wildman–Crippen MR) is 75.7 cm³/mol. The second-order valence-corrected chi connectivity index (χ2v) is 5.08. The third-order valence-electron chi connectivity index (χ3n) is 2.83. The van der Waals surface area contributed by atoms with E-state index < -0.39 is 0 Å². The van der Waals surface area contributed by atoms with Gasteiger partial charge in [0.25, 0.3) is 5.91 Å². The number of carbonyl (C=O) groups excluding carboxylic acids is 1. The highest BCUT2D eigenvalue weighted by Gasteiger charge is 2.07. The maximum Gasteiger partial charge on any atom is 0.267 e. The minimum atomic E-state index is -0.0747. The molecule has 0 aliphatic rings. The Morgan fingerprint density at radius 3 is 2.83 bits per heavy atom. The summed E-state index contributed by atoms with van der Waals surface area (Å²) in [5, 5.41) is 2.90. The quantitative estimate of drug-likeness (QED) is 0.896. The van der Waals surface area contributed by atoms with Crippen molar-refractivity contribution in [3.63, 3.8) is 0 Å². The van der Waals surface area contributed by atoms with E-state index in [0.29, 0.717) is 12.2 Å².